The van der Waals surface area contributed by atoms with Gasteiger partial charge in [-0.15, -0.1) is 6.42 Å². The lowest BCUT2D eigenvalue weighted by molar-refractivity contribution is 0.162. The summed E-state index contributed by atoms with van der Waals surface area (Å²) < 4.78 is 5.68. The van der Waals surface area contributed by atoms with Gasteiger partial charge in [0.25, 0.3) is 0 Å². The molecule has 0 unspecified atom stereocenters. The normalized spacial score (nSPS) is 10.8. The van der Waals surface area contributed by atoms with Crippen molar-refractivity contribution < 1.29 is 4.74 Å². The first-order valence-electron chi connectivity index (χ1n) is 5.44. The van der Waals surface area contributed by atoms with Crippen LogP contribution in [0.5, 0.6) is 5.88 Å². The fourth-order valence-electron chi connectivity index (χ4n) is 1.21. The van der Waals surface area contributed by atoms with Crippen LogP contribution in [0.2, 0.25) is 0 Å². The standard InChI is InChI=1S/C12H18N4O/c1-6-9-14-10(16-13)8(3)11(15-9)17-12(4,5)7-2/h2H,6,13H2,1,3-5H3,(H,14,15,16). The molecular weight excluding hydrogens is 216 g/mol. The highest BCUT2D eigenvalue weighted by atomic mass is 16.5. The molecule has 0 aliphatic carbocycles. The van der Waals surface area contributed by atoms with E-state index in [1.54, 1.807) is 13.8 Å². The van der Waals surface area contributed by atoms with Crippen LogP contribution >= 0.6 is 0 Å². The summed E-state index contributed by atoms with van der Waals surface area (Å²) in [5.41, 5.74) is 2.56. The number of nitrogens with zero attached hydrogens (tertiary/aromatic N) is 2. The summed E-state index contributed by atoms with van der Waals surface area (Å²) in [5.74, 6) is 9.64. The first kappa shape index (κ1) is 13.3. The molecule has 0 bridgehead atoms. The van der Waals surface area contributed by atoms with Crippen molar-refractivity contribution >= 4 is 5.82 Å². The molecule has 5 nitrogen and oxygen atoms in total. The number of hydrogen-bond acceptors (Lipinski definition) is 5. The molecule has 0 saturated carbocycles. The lowest BCUT2D eigenvalue weighted by Crippen LogP contribution is -2.27. The van der Waals surface area contributed by atoms with E-state index in [1.165, 1.54) is 0 Å². The first-order chi connectivity index (χ1) is 7.93. The Labute approximate surface area is 102 Å². The molecule has 0 aliphatic rings. The van der Waals surface area contributed by atoms with Crippen LogP contribution in [-0.4, -0.2) is 15.6 Å². The number of aromatic nitrogens is 2. The molecule has 1 aromatic heterocycles. The van der Waals surface area contributed by atoms with Crippen molar-refractivity contribution in [2.45, 2.75) is 39.7 Å². The van der Waals surface area contributed by atoms with Crippen LogP contribution in [0, 0.1) is 19.3 Å². The molecule has 0 amide bonds. The van der Waals surface area contributed by atoms with Crippen molar-refractivity contribution in [2.75, 3.05) is 5.43 Å². The molecule has 0 fully saturated rings. The van der Waals surface area contributed by atoms with Gasteiger partial charge >= 0.3 is 0 Å². The minimum atomic E-state index is -0.712. The van der Waals surface area contributed by atoms with Gasteiger partial charge in [-0.1, -0.05) is 12.8 Å². The highest BCUT2D eigenvalue weighted by Crippen LogP contribution is 2.24. The van der Waals surface area contributed by atoms with Crippen molar-refractivity contribution in [1.29, 1.82) is 0 Å². The van der Waals surface area contributed by atoms with Crippen molar-refractivity contribution in [3.05, 3.63) is 11.4 Å². The number of hydrazine groups is 1. The van der Waals surface area contributed by atoms with Crippen LogP contribution in [0.1, 0.15) is 32.2 Å². The molecule has 0 atom stereocenters. The van der Waals surface area contributed by atoms with Crippen molar-refractivity contribution in [3.63, 3.8) is 0 Å². The summed E-state index contributed by atoms with van der Waals surface area (Å²) in [6, 6.07) is 0. The molecule has 0 spiro atoms. The summed E-state index contributed by atoms with van der Waals surface area (Å²) in [4.78, 5) is 8.55. The Morgan fingerprint density at radius 3 is 2.59 bits per heavy atom. The molecule has 17 heavy (non-hydrogen) atoms. The number of nitrogens with one attached hydrogen (secondary N) is 1. The molecule has 0 aromatic carbocycles. The molecule has 92 valence electrons. The zero-order chi connectivity index (χ0) is 13.1. The quantitative estimate of drug-likeness (QED) is 0.468. The van der Waals surface area contributed by atoms with Crippen LogP contribution in [0.4, 0.5) is 5.82 Å². The van der Waals surface area contributed by atoms with Crippen molar-refractivity contribution in [2.24, 2.45) is 5.84 Å². The second-order valence-corrected chi connectivity index (χ2v) is 4.17. The minimum Gasteiger partial charge on any atom is -0.458 e. The van der Waals surface area contributed by atoms with Gasteiger partial charge in [0.05, 0.1) is 5.56 Å². The lowest BCUT2D eigenvalue weighted by atomic mass is 10.1. The lowest BCUT2D eigenvalue weighted by Gasteiger charge is -2.21. The van der Waals surface area contributed by atoms with Crippen molar-refractivity contribution in [3.8, 4) is 18.2 Å². The number of rotatable bonds is 4. The molecule has 5 heteroatoms. The van der Waals surface area contributed by atoms with Gasteiger partial charge in [-0.25, -0.2) is 10.8 Å². The van der Waals surface area contributed by atoms with Crippen LogP contribution in [0.25, 0.3) is 0 Å². The number of aryl methyl sites for hydroxylation is 1. The van der Waals surface area contributed by atoms with E-state index >= 15 is 0 Å². The second kappa shape index (κ2) is 5.02. The van der Waals surface area contributed by atoms with E-state index in [-0.39, 0.29) is 0 Å². The highest BCUT2D eigenvalue weighted by molar-refractivity contribution is 5.47. The molecule has 1 aromatic rings. The van der Waals surface area contributed by atoms with E-state index in [0.29, 0.717) is 23.9 Å². The van der Waals surface area contributed by atoms with Gasteiger partial charge in [0, 0.05) is 6.42 Å². The third-order valence-electron chi connectivity index (χ3n) is 2.30. The fourth-order valence-corrected chi connectivity index (χ4v) is 1.21. The van der Waals surface area contributed by atoms with Gasteiger partial charge < -0.3 is 10.2 Å². The van der Waals surface area contributed by atoms with E-state index in [9.17, 15) is 0 Å². The molecule has 0 radical (unpaired) electrons. The van der Waals surface area contributed by atoms with Gasteiger partial charge in [0.15, 0.2) is 5.60 Å². The molecule has 1 heterocycles. The summed E-state index contributed by atoms with van der Waals surface area (Å²) >= 11 is 0. The van der Waals surface area contributed by atoms with Gasteiger partial charge in [-0.3, -0.25) is 0 Å². The van der Waals surface area contributed by atoms with Crippen molar-refractivity contribution in [1.82, 2.24) is 9.97 Å². The van der Waals surface area contributed by atoms with Crippen LogP contribution in [0.3, 0.4) is 0 Å². The summed E-state index contributed by atoms with van der Waals surface area (Å²) in [6.45, 7) is 7.39. The van der Waals surface area contributed by atoms with Gasteiger partial charge in [0.1, 0.15) is 11.6 Å². The average molecular weight is 234 g/mol. The predicted molar refractivity (Wildman–Crippen MR) is 67.5 cm³/mol. The fraction of sp³-hybridized carbons (Fsp3) is 0.500. The highest BCUT2D eigenvalue weighted by Gasteiger charge is 2.20. The zero-order valence-corrected chi connectivity index (χ0v) is 10.7. The Balaban J connectivity index is 3.19. The second-order valence-electron chi connectivity index (χ2n) is 4.17. The number of terminal acetylenes is 1. The Morgan fingerprint density at radius 2 is 2.12 bits per heavy atom. The molecule has 3 N–H and O–H groups in total. The van der Waals surface area contributed by atoms with Crippen LogP contribution in [-0.2, 0) is 6.42 Å². The first-order valence-corrected chi connectivity index (χ1v) is 5.44. The zero-order valence-electron chi connectivity index (χ0n) is 10.7. The number of ether oxygens (including phenoxy) is 1. The summed E-state index contributed by atoms with van der Waals surface area (Å²) in [6.07, 6.45) is 6.08. The average Bonchev–Trinajstić information content (AvgIpc) is 2.31. The van der Waals surface area contributed by atoms with Crippen LogP contribution < -0.4 is 16.0 Å². The Kier molecular flexibility index (Phi) is 3.92. The Morgan fingerprint density at radius 1 is 1.47 bits per heavy atom. The van der Waals surface area contributed by atoms with Gasteiger partial charge in [-0.05, 0) is 20.8 Å². The van der Waals surface area contributed by atoms with Crippen LogP contribution in [0.15, 0.2) is 0 Å². The summed E-state index contributed by atoms with van der Waals surface area (Å²) in [5, 5.41) is 0. The Hall–Kier alpha value is -1.80. The number of nitrogen functional groups attached to an aromatic ring is 1. The number of nitrogens with two attached hydrogens (primary N) is 1. The van der Waals surface area contributed by atoms with E-state index in [4.69, 9.17) is 17.0 Å². The maximum absolute atomic E-state index is 5.68. The SMILES string of the molecule is C#CC(C)(C)Oc1nc(CC)nc(NN)c1C. The smallest absolute Gasteiger partial charge is 0.223 e. The largest absolute Gasteiger partial charge is 0.458 e. The molecule has 1 rings (SSSR count). The topological polar surface area (TPSA) is 73.1 Å². The van der Waals surface area contributed by atoms with Gasteiger partial charge in [0.2, 0.25) is 5.88 Å². The maximum atomic E-state index is 5.68. The summed E-state index contributed by atoms with van der Waals surface area (Å²) in [7, 11) is 0. The van der Waals surface area contributed by atoms with Gasteiger partial charge in [-0.2, -0.15) is 4.98 Å². The monoisotopic (exact) mass is 234 g/mol. The maximum Gasteiger partial charge on any atom is 0.223 e. The predicted octanol–water partition coefficient (Wildman–Crippen LogP) is 1.42. The molecule has 0 saturated heterocycles. The number of anilines is 1. The van der Waals surface area contributed by atoms with E-state index in [2.05, 4.69) is 21.3 Å². The minimum absolute atomic E-state index is 0.466. The number of hydrogen-bond donors (Lipinski definition) is 2. The van der Waals surface area contributed by atoms with E-state index in [0.717, 1.165) is 5.56 Å². The molecular formula is C12H18N4O. The Bertz CT molecular complexity index is 449. The van der Waals surface area contributed by atoms with E-state index in [1.807, 2.05) is 13.8 Å². The van der Waals surface area contributed by atoms with E-state index < -0.39 is 5.60 Å². The molecule has 0 aliphatic heterocycles. The third-order valence-corrected chi connectivity index (χ3v) is 2.30. The third kappa shape index (κ3) is 3.08.